The van der Waals surface area contributed by atoms with Crippen molar-refractivity contribution >= 4 is 17.5 Å². The number of halogens is 1. The van der Waals surface area contributed by atoms with E-state index >= 15 is 0 Å². The summed E-state index contributed by atoms with van der Waals surface area (Å²) < 4.78 is 13.1. The molecule has 2 amide bonds. The second-order valence-corrected chi connectivity index (χ2v) is 5.98. The lowest BCUT2D eigenvalue weighted by Gasteiger charge is -2.25. The molecule has 1 unspecified atom stereocenters. The van der Waals surface area contributed by atoms with Crippen molar-refractivity contribution in [3.8, 4) is 0 Å². The molecule has 2 aromatic carbocycles. The Kier molecular flexibility index (Phi) is 6.28. The van der Waals surface area contributed by atoms with Crippen LogP contribution >= 0.6 is 0 Å². The molecule has 0 bridgehead atoms. The van der Waals surface area contributed by atoms with Crippen LogP contribution in [0.15, 0.2) is 48.5 Å². The molecule has 0 aromatic heterocycles. The van der Waals surface area contributed by atoms with Crippen LogP contribution in [0.4, 0.5) is 10.1 Å². The summed E-state index contributed by atoms with van der Waals surface area (Å²) in [5.41, 5.74) is 2.63. The van der Waals surface area contributed by atoms with E-state index in [1.54, 1.807) is 17.0 Å². The van der Waals surface area contributed by atoms with Gasteiger partial charge in [-0.3, -0.25) is 9.59 Å². The largest absolute Gasteiger partial charge is 0.349 e. The number of nitrogens with zero attached hydrogens (tertiary/aromatic N) is 1. The third kappa shape index (κ3) is 5.14. The first-order chi connectivity index (χ1) is 11.9. The van der Waals surface area contributed by atoms with Gasteiger partial charge in [-0.25, -0.2) is 4.39 Å². The van der Waals surface area contributed by atoms with E-state index < -0.39 is 6.04 Å². The highest BCUT2D eigenvalue weighted by Gasteiger charge is 2.21. The number of anilines is 1. The van der Waals surface area contributed by atoms with Crippen molar-refractivity contribution in [1.82, 2.24) is 5.32 Å². The number of carbonyl (C=O) groups is 2. The summed E-state index contributed by atoms with van der Waals surface area (Å²) in [6.45, 7) is 5.74. The van der Waals surface area contributed by atoms with Gasteiger partial charge < -0.3 is 10.2 Å². The minimum atomic E-state index is -0.403. The fraction of sp³-hybridized carbons (Fsp3) is 0.300. The standard InChI is InChI=1S/C20H23FN2O2/c1-4-23(18-11-9-17(21)10-12-18)20(25)13-19(22-15(3)24)16-7-5-14(2)6-8-16/h5-12,19H,4,13H2,1-3H3,(H,22,24). The quantitative estimate of drug-likeness (QED) is 0.869. The molecule has 5 heteroatoms. The summed E-state index contributed by atoms with van der Waals surface area (Å²) in [5, 5.41) is 2.84. The molecule has 0 saturated carbocycles. The predicted octanol–water partition coefficient (Wildman–Crippen LogP) is 3.75. The molecule has 4 nitrogen and oxygen atoms in total. The number of nitrogens with one attached hydrogen (secondary N) is 1. The van der Waals surface area contributed by atoms with E-state index in [4.69, 9.17) is 0 Å². The minimum absolute atomic E-state index is 0.131. The lowest BCUT2D eigenvalue weighted by molar-refractivity contribution is -0.121. The number of carbonyl (C=O) groups excluding carboxylic acids is 2. The highest BCUT2D eigenvalue weighted by molar-refractivity contribution is 5.94. The van der Waals surface area contributed by atoms with Gasteiger partial charge in [-0.2, -0.15) is 0 Å². The molecule has 132 valence electrons. The Hall–Kier alpha value is -2.69. The molecule has 0 aliphatic rings. The van der Waals surface area contributed by atoms with Crippen molar-refractivity contribution in [2.24, 2.45) is 0 Å². The molecule has 2 aromatic rings. The molecule has 0 aliphatic heterocycles. The van der Waals surface area contributed by atoms with Gasteiger partial charge in [-0.15, -0.1) is 0 Å². The maximum absolute atomic E-state index is 13.1. The fourth-order valence-corrected chi connectivity index (χ4v) is 2.71. The van der Waals surface area contributed by atoms with Gasteiger partial charge in [0.05, 0.1) is 12.5 Å². The number of benzene rings is 2. The zero-order chi connectivity index (χ0) is 18.4. The SMILES string of the molecule is CCN(C(=O)CC(NC(C)=O)c1ccc(C)cc1)c1ccc(F)cc1. The molecule has 0 fully saturated rings. The van der Waals surface area contributed by atoms with E-state index in [9.17, 15) is 14.0 Å². The van der Waals surface area contributed by atoms with Crippen LogP contribution in [-0.4, -0.2) is 18.4 Å². The average molecular weight is 342 g/mol. The van der Waals surface area contributed by atoms with Crippen molar-refractivity contribution in [2.45, 2.75) is 33.2 Å². The molecule has 0 saturated heterocycles. The maximum Gasteiger partial charge on any atom is 0.229 e. The number of hydrogen-bond acceptors (Lipinski definition) is 2. The second-order valence-electron chi connectivity index (χ2n) is 5.98. The van der Waals surface area contributed by atoms with E-state index in [0.29, 0.717) is 12.2 Å². The van der Waals surface area contributed by atoms with E-state index in [-0.39, 0.29) is 24.1 Å². The second kappa shape index (κ2) is 8.42. The van der Waals surface area contributed by atoms with Gasteiger partial charge in [-0.1, -0.05) is 29.8 Å². The highest BCUT2D eigenvalue weighted by atomic mass is 19.1. The number of aryl methyl sites for hydroxylation is 1. The van der Waals surface area contributed by atoms with Gasteiger partial charge >= 0.3 is 0 Å². The van der Waals surface area contributed by atoms with Crippen LogP contribution in [0.2, 0.25) is 0 Å². The van der Waals surface area contributed by atoms with Gasteiger partial charge in [-0.05, 0) is 43.7 Å². The molecule has 2 rings (SSSR count). The Balaban J connectivity index is 2.20. The maximum atomic E-state index is 13.1. The van der Waals surface area contributed by atoms with Gasteiger partial charge in [0.15, 0.2) is 0 Å². The number of rotatable bonds is 6. The summed E-state index contributed by atoms with van der Waals surface area (Å²) in [4.78, 5) is 25.9. The van der Waals surface area contributed by atoms with E-state index in [1.807, 2.05) is 38.1 Å². The van der Waals surface area contributed by atoms with E-state index in [1.165, 1.54) is 19.1 Å². The molecule has 0 aliphatic carbocycles. The number of amides is 2. The molecule has 1 atom stereocenters. The summed E-state index contributed by atoms with van der Waals surface area (Å²) in [7, 11) is 0. The van der Waals surface area contributed by atoms with Crippen molar-refractivity contribution in [1.29, 1.82) is 0 Å². The Labute approximate surface area is 147 Å². The smallest absolute Gasteiger partial charge is 0.229 e. The van der Waals surface area contributed by atoms with Crippen molar-refractivity contribution in [3.63, 3.8) is 0 Å². The van der Waals surface area contributed by atoms with E-state index in [0.717, 1.165) is 11.1 Å². The van der Waals surface area contributed by atoms with Gasteiger partial charge in [0.1, 0.15) is 5.82 Å². The summed E-state index contributed by atoms with van der Waals surface area (Å²) in [5.74, 6) is -0.667. The Morgan fingerprint density at radius 2 is 1.68 bits per heavy atom. The third-order valence-corrected chi connectivity index (χ3v) is 3.99. The molecule has 0 heterocycles. The van der Waals surface area contributed by atoms with Crippen LogP contribution in [-0.2, 0) is 9.59 Å². The average Bonchev–Trinajstić information content (AvgIpc) is 2.57. The summed E-state index contributed by atoms with van der Waals surface area (Å²) in [6, 6.07) is 13.1. The lowest BCUT2D eigenvalue weighted by atomic mass is 10.0. The first-order valence-electron chi connectivity index (χ1n) is 8.30. The van der Waals surface area contributed by atoms with Crippen molar-refractivity contribution in [3.05, 3.63) is 65.5 Å². The Morgan fingerprint density at radius 3 is 2.20 bits per heavy atom. The van der Waals surface area contributed by atoms with Crippen LogP contribution in [0.3, 0.4) is 0 Å². The zero-order valence-electron chi connectivity index (χ0n) is 14.8. The monoisotopic (exact) mass is 342 g/mol. The topological polar surface area (TPSA) is 49.4 Å². The van der Waals surface area contributed by atoms with Crippen LogP contribution in [0.25, 0.3) is 0 Å². The first-order valence-corrected chi connectivity index (χ1v) is 8.30. The normalized spacial score (nSPS) is 11.7. The van der Waals surface area contributed by atoms with E-state index in [2.05, 4.69) is 5.32 Å². The van der Waals surface area contributed by atoms with Crippen LogP contribution in [0.5, 0.6) is 0 Å². The molecular formula is C20H23FN2O2. The Morgan fingerprint density at radius 1 is 1.08 bits per heavy atom. The minimum Gasteiger partial charge on any atom is -0.349 e. The molecule has 1 N–H and O–H groups in total. The first kappa shape index (κ1) is 18.6. The molecule has 0 radical (unpaired) electrons. The van der Waals surface area contributed by atoms with Crippen LogP contribution in [0, 0.1) is 12.7 Å². The number of hydrogen-bond donors (Lipinski definition) is 1. The van der Waals surface area contributed by atoms with Gasteiger partial charge in [0, 0.05) is 19.2 Å². The predicted molar refractivity (Wildman–Crippen MR) is 96.8 cm³/mol. The molecular weight excluding hydrogens is 319 g/mol. The summed E-state index contributed by atoms with van der Waals surface area (Å²) >= 11 is 0. The van der Waals surface area contributed by atoms with Crippen LogP contribution in [0.1, 0.15) is 37.4 Å². The lowest BCUT2D eigenvalue weighted by Crippen LogP contribution is -2.35. The Bertz CT molecular complexity index is 726. The highest BCUT2D eigenvalue weighted by Crippen LogP contribution is 2.22. The fourth-order valence-electron chi connectivity index (χ4n) is 2.71. The van der Waals surface area contributed by atoms with Crippen molar-refractivity contribution in [2.75, 3.05) is 11.4 Å². The zero-order valence-corrected chi connectivity index (χ0v) is 14.8. The summed E-state index contributed by atoms with van der Waals surface area (Å²) in [6.07, 6.45) is 0.133. The van der Waals surface area contributed by atoms with Crippen molar-refractivity contribution < 1.29 is 14.0 Å². The van der Waals surface area contributed by atoms with Gasteiger partial charge in [0.25, 0.3) is 0 Å². The van der Waals surface area contributed by atoms with Gasteiger partial charge in [0.2, 0.25) is 11.8 Å². The van der Waals surface area contributed by atoms with Crippen LogP contribution < -0.4 is 10.2 Å². The third-order valence-electron chi connectivity index (χ3n) is 3.99. The molecule has 0 spiro atoms. The molecule has 25 heavy (non-hydrogen) atoms.